The zero-order valence-corrected chi connectivity index (χ0v) is 10.6. The van der Waals surface area contributed by atoms with Gasteiger partial charge in [-0.3, -0.25) is 0 Å². The van der Waals surface area contributed by atoms with Crippen LogP contribution in [0.1, 0.15) is 19.8 Å². The van der Waals surface area contributed by atoms with Gasteiger partial charge in [0.1, 0.15) is 0 Å². The second-order valence-corrected chi connectivity index (χ2v) is 4.50. The summed E-state index contributed by atoms with van der Waals surface area (Å²) in [5, 5.41) is 4.01. The first-order valence-electron chi connectivity index (χ1n) is 5.67. The van der Waals surface area contributed by atoms with Crippen molar-refractivity contribution in [2.75, 3.05) is 12.1 Å². The zero-order chi connectivity index (χ0) is 12.3. The Balaban J connectivity index is 2.08. The van der Waals surface area contributed by atoms with Crippen LogP contribution < -0.4 is 14.8 Å². The monoisotopic (exact) mass is 253 g/mol. The number of fused-ring (bicyclic) bond motifs is 1. The Morgan fingerprint density at radius 2 is 2.18 bits per heavy atom. The number of ether oxygens (including phenoxy) is 2. The molecule has 1 aromatic rings. The van der Waals surface area contributed by atoms with E-state index in [1.54, 1.807) is 6.07 Å². The van der Waals surface area contributed by atoms with Gasteiger partial charge in [0.2, 0.25) is 6.79 Å². The minimum absolute atomic E-state index is 0.265. The van der Waals surface area contributed by atoms with Crippen LogP contribution in [0.5, 0.6) is 11.5 Å². The fourth-order valence-electron chi connectivity index (χ4n) is 1.73. The van der Waals surface area contributed by atoms with Crippen LogP contribution in [-0.4, -0.2) is 12.8 Å². The molecule has 0 aromatic heterocycles. The van der Waals surface area contributed by atoms with Gasteiger partial charge in [-0.25, -0.2) is 0 Å². The van der Waals surface area contributed by atoms with Crippen molar-refractivity contribution in [3.63, 3.8) is 0 Å². The number of benzene rings is 1. The van der Waals surface area contributed by atoms with Crippen molar-refractivity contribution >= 4 is 17.3 Å². The van der Waals surface area contributed by atoms with Gasteiger partial charge in [-0.1, -0.05) is 17.7 Å². The van der Waals surface area contributed by atoms with E-state index in [4.69, 9.17) is 21.1 Å². The molecule has 1 unspecified atom stereocenters. The lowest BCUT2D eigenvalue weighted by Crippen LogP contribution is -2.14. The molecule has 92 valence electrons. The number of hydrogen-bond donors (Lipinski definition) is 1. The fourth-order valence-corrected chi connectivity index (χ4v) is 1.94. The topological polar surface area (TPSA) is 30.5 Å². The molecule has 2 rings (SSSR count). The summed E-state index contributed by atoms with van der Waals surface area (Å²) in [6, 6.07) is 4.01. The Labute approximate surface area is 106 Å². The molecule has 0 amide bonds. The summed E-state index contributed by atoms with van der Waals surface area (Å²) in [5.41, 5.74) is 0.882. The first-order chi connectivity index (χ1) is 8.20. The maximum absolute atomic E-state index is 6.17. The average molecular weight is 254 g/mol. The minimum atomic E-state index is 0.265. The predicted octanol–water partition coefficient (Wildman–Crippen LogP) is 3.84. The predicted molar refractivity (Wildman–Crippen MR) is 70.1 cm³/mol. The number of halogens is 1. The van der Waals surface area contributed by atoms with Gasteiger partial charge in [0.25, 0.3) is 0 Å². The van der Waals surface area contributed by atoms with E-state index in [-0.39, 0.29) is 6.79 Å². The van der Waals surface area contributed by atoms with E-state index in [0.29, 0.717) is 16.8 Å². The molecule has 0 saturated carbocycles. The second-order valence-electron chi connectivity index (χ2n) is 4.10. The van der Waals surface area contributed by atoms with Crippen LogP contribution >= 0.6 is 11.6 Å². The Hall–Kier alpha value is -1.35. The number of allylic oxidation sites excluding steroid dienone is 1. The summed E-state index contributed by atoms with van der Waals surface area (Å²) in [6.07, 6.45) is 3.92. The highest BCUT2D eigenvalue weighted by Crippen LogP contribution is 2.39. The molecular weight excluding hydrogens is 238 g/mol. The van der Waals surface area contributed by atoms with Crippen LogP contribution in [-0.2, 0) is 0 Å². The Morgan fingerprint density at radius 3 is 2.88 bits per heavy atom. The molecule has 0 aliphatic carbocycles. The molecular formula is C13H16ClNO2. The first-order valence-corrected chi connectivity index (χ1v) is 6.05. The molecule has 0 spiro atoms. The molecule has 1 N–H and O–H groups in total. The molecule has 4 heteroatoms. The molecule has 0 radical (unpaired) electrons. The summed E-state index contributed by atoms with van der Waals surface area (Å²) in [6.45, 7) is 6.09. The van der Waals surface area contributed by atoms with Crippen molar-refractivity contribution in [3.8, 4) is 11.5 Å². The molecule has 1 aliphatic heterocycles. The normalized spacial score (nSPS) is 14.5. The highest BCUT2D eigenvalue weighted by atomic mass is 35.5. The standard InChI is InChI=1S/C13H16ClNO2/c1-3-4-5-9(2)15-11-7-13-12(6-10(11)14)16-8-17-13/h3,6-7,9,15H,1,4-5,8H2,2H3. The Morgan fingerprint density at radius 1 is 1.47 bits per heavy atom. The largest absolute Gasteiger partial charge is 0.454 e. The Bertz CT molecular complexity index is 420. The van der Waals surface area contributed by atoms with E-state index in [2.05, 4.69) is 18.8 Å². The third kappa shape index (κ3) is 2.86. The first kappa shape index (κ1) is 12.1. The molecule has 1 atom stereocenters. The van der Waals surface area contributed by atoms with Gasteiger partial charge in [0.05, 0.1) is 10.7 Å². The van der Waals surface area contributed by atoms with Crippen molar-refractivity contribution in [1.82, 2.24) is 0 Å². The smallest absolute Gasteiger partial charge is 0.231 e. The third-order valence-corrected chi connectivity index (χ3v) is 2.98. The third-order valence-electron chi connectivity index (χ3n) is 2.67. The van der Waals surface area contributed by atoms with Gasteiger partial charge in [-0.2, -0.15) is 0 Å². The lowest BCUT2D eigenvalue weighted by Gasteiger charge is -2.16. The molecule has 1 heterocycles. The lowest BCUT2D eigenvalue weighted by molar-refractivity contribution is 0.174. The summed E-state index contributed by atoms with van der Waals surface area (Å²) in [5.74, 6) is 1.45. The van der Waals surface area contributed by atoms with E-state index in [1.807, 2.05) is 12.1 Å². The van der Waals surface area contributed by atoms with Gasteiger partial charge in [0, 0.05) is 18.2 Å². The highest BCUT2D eigenvalue weighted by molar-refractivity contribution is 6.33. The number of anilines is 1. The van der Waals surface area contributed by atoms with Crippen molar-refractivity contribution < 1.29 is 9.47 Å². The lowest BCUT2D eigenvalue weighted by atomic mass is 10.1. The van der Waals surface area contributed by atoms with Crippen LogP contribution in [0, 0.1) is 0 Å². The fraction of sp³-hybridized carbons (Fsp3) is 0.385. The maximum atomic E-state index is 6.17. The number of nitrogens with one attached hydrogen (secondary N) is 1. The van der Waals surface area contributed by atoms with Gasteiger partial charge < -0.3 is 14.8 Å². The van der Waals surface area contributed by atoms with E-state index in [1.165, 1.54) is 0 Å². The summed E-state index contributed by atoms with van der Waals surface area (Å²) in [7, 11) is 0. The number of rotatable bonds is 5. The number of hydrogen-bond acceptors (Lipinski definition) is 3. The second kappa shape index (κ2) is 5.32. The van der Waals surface area contributed by atoms with E-state index in [0.717, 1.165) is 24.3 Å². The summed E-state index contributed by atoms with van der Waals surface area (Å²) in [4.78, 5) is 0. The van der Waals surface area contributed by atoms with E-state index >= 15 is 0 Å². The van der Waals surface area contributed by atoms with Crippen molar-refractivity contribution in [2.45, 2.75) is 25.8 Å². The van der Waals surface area contributed by atoms with Gasteiger partial charge >= 0.3 is 0 Å². The molecule has 3 nitrogen and oxygen atoms in total. The quantitative estimate of drug-likeness (QED) is 0.809. The van der Waals surface area contributed by atoms with Gasteiger partial charge in [0.15, 0.2) is 11.5 Å². The summed E-state index contributed by atoms with van der Waals surface area (Å²) < 4.78 is 10.6. The minimum Gasteiger partial charge on any atom is -0.454 e. The zero-order valence-electron chi connectivity index (χ0n) is 9.83. The van der Waals surface area contributed by atoms with Crippen LogP contribution in [0.3, 0.4) is 0 Å². The maximum Gasteiger partial charge on any atom is 0.231 e. The molecule has 0 fully saturated rings. The van der Waals surface area contributed by atoms with Gasteiger partial charge in [-0.15, -0.1) is 6.58 Å². The van der Waals surface area contributed by atoms with Crippen LogP contribution in [0.2, 0.25) is 5.02 Å². The van der Waals surface area contributed by atoms with Gasteiger partial charge in [-0.05, 0) is 19.8 Å². The molecule has 1 aliphatic rings. The van der Waals surface area contributed by atoms with E-state index in [9.17, 15) is 0 Å². The van der Waals surface area contributed by atoms with Crippen LogP contribution in [0.25, 0.3) is 0 Å². The molecule has 0 saturated heterocycles. The van der Waals surface area contributed by atoms with Crippen LogP contribution in [0.15, 0.2) is 24.8 Å². The van der Waals surface area contributed by atoms with Crippen molar-refractivity contribution in [3.05, 3.63) is 29.8 Å². The van der Waals surface area contributed by atoms with E-state index < -0.39 is 0 Å². The molecule has 0 bridgehead atoms. The SMILES string of the molecule is C=CCCC(C)Nc1cc2c(cc1Cl)OCO2. The molecule has 1 aromatic carbocycles. The van der Waals surface area contributed by atoms with Crippen molar-refractivity contribution in [2.24, 2.45) is 0 Å². The summed E-state index contributed by atoms with van der Waals surface area (Å²) >= 11 is 6.17. The average Bonchev–Trinajstić information content (AvgIpc) is 2.74. The van der Waals surface area contributed by atoms with Crippen LogP contribution in [0.4, 0.5) is 5.69 Å². The molecule has 17 heavy (non-hydrogen) atoms. The van der Waals surface area contributed by atoms with Crippen molar-refractivity contribution in [1.29, 1.82) is 0 Å². The Kier molecular flexibility index (Phi) is 3.79. The highest BCUT2D eigenvalue weighted by Gasteiger charge is 2.17.